The number of likely N-dealkylation sites (N-methyl/N-ethyl adjacent to an activating group) is 1. The summed E-state index contributed by atoms with van der Waals surface area (Å²) in [5.41, 5.74) is 6.65. The van der Waals surface area contributed by atoms with Crippen LogP contribution >= 0.6 is 0 Å². The monoisotopic (exact) mass is 264 g/mol. The number of hydrogen-bond donors (Lipinski definition) is 1. The van der Waals surface area contributed by atoms with Gasteiger partial charge in [0.25, 0.3) is 0 Å². The van der Waals surface area contributed by atoms with Crippen LogP contribution < -0.4 is 5.73 Å². The molecule has 1 heterocycles. The van der Waals surface area contributed by atoms with Crippen LogP contribution in [0.5, 0.6) is 0 Å². The first-order valence-electron chi connectivity index (χ1n) is 7.26. The second-order valence-corrected chi connectivity index (χ2v) is 7.12. The molecule has 2 atom stereocenters. The van der Waals surface area contributed by atoms with E-state index in [0.29, 0.717) is 17.9 Å². The summed E-state index contributed by atoms with van der Waals surface area (Å²) in [4.78, 5) is 2.41. The Kier molecular flexibility index (Phi) is 3.80. The molecule has 0 radical (unpaired) electrons. The van der Waals surface area contributed by atoms with E-state index in [0.717, 1.165) is 24.5 Å². The predicted octanol–water partition coefficient (Wildman–Crippen LogP) is 3.17. The molecule has 2 rings (SSSR count). The lowest BCUT2D eigenvalue weighted by Gasteiger charge is -2.42. The largest absolute Gasteiger partial charge is 0.465 e. The third-order valence-electron chi connectivity index (χ3n) is 4.86. The molecule has 0 aromatic carbocycles. The molecule has 1 fully saturated rings. The molecule has 1 aliphatic rings. The van der Waals surface area contributed by atoms with Crippen molar-refractivity contribution >= 4 is 0 Å². The van der Waals surface area contributed by atoms with Crippen molar-refractivity contribution in [3.8, 4) is 0 Å². The first-order valence-corrected chi connectivity index (χ1v) is 7.26. The summed E-state index contributed by atoms with van der Waals surface area (Å²) in [5.74, 6) is 2.63. The molecular weight excluding hydrogens is 236 g/mol. The standard InChI is InChI=1S/C16H28N2O/c1-12-8-15(3,4)10-16(12,11-17)18(5)9-14-7-6-13(2)19-14/h6-7,12H,8-11,17H2,1-5H3. The molecule has 1 aromatic heterocycles. The highest BCUT2D eigenvalue weighted by Crippen LogP contribution is 2.49. The van der Waals surface area contributed by atoms with Crippen molar-refractivity contribution in [1.29, 1.82) is 0 Å². The third kappa shape index (κ3) is 2.72. The minimum Gasteiger partial charge on any atom is -0.465 e. The van der Waals surface area contributed by atoms with Gasteiger partial charge in [0.2, 0.25) is 0 Å². The molecule has 108 valence electrons. The van der Waals surface area contributed by atoms with Crippen LogP contribution in [0.2, 0.25) is 0 Å². The highest BCUT2D eigenvalue weighted by atomic mass is 16.3. The number of nitrogens with zero attached hydrogens (tertiary/aromatic N) is 1. The van der Waals surface area contributed by atoms with Gasteiger partial charge in [0.15, 0.2) is 0 Å². The molecule has 19 heavy (non-hydrogen) atoms. The molecule has 1 aromatic rings. The van der Waals surface area contributed by atoms with Gasteiger partial charge in [0.1, 0.15) is 11.5 Å². The normalized spacial score (nSPS) is 30.2. The second-order valence-electron chi connectivity index (χ2n) is 7.12. The van der Waals surface area contributed by atoms with Crippen molar-refractivity contribution in [2.75, 3.05) is 13.6 Å². The van der Waals surface area contributed by atoms with Gasteiger partial charge in [-0.1, -0.05) is 20.8 Å². The zero-order valence-electron chi connectivity index (χ0n) is 13.0. The van der Waals surface area contributed by atoms with Crippen molar-refractivity contribution in [3.63, 3.8) is 0 Å². The lowest BCUT2D eigenvalue weighted by Crippen LogP contribution is -2.53. The summed E-state index contributed by atoms with van der Waals surface area (Å²) in [6, 6.07) is 4.10. The number of nitrogens with two attached hydrogens (primary N) is 1. The predicted molar refractivity (Wildman–Crippen MR) is 78.9 cm³/mol. The quantitative estimate of drug-likeness (QED) is 0.908. The topological polar surface area (TPSA) is 42.4 Å². The number of rotatable bonds is 4. The average molecular weight is 264 g/mol. The Morgan fingerprint density at radius 3 is 2.53 bits per heavy atom. The molecule has 0 saturated heterocycles. The third-order valence-corrected chi connectivity index (χ3v) is 4.86. The Labute approximate surface area is 117 Å². The zero-order valence-corrected chi connectivity index (χ0v) is 13.0. The van der Waals surface area contributed by atoms with E-state index < -0.39 is 0 Å². The molecule has 0 bridgehead atoms. The van der Waals surface area contributed by atoms with Gasteiger partial charge in [-0.25, -0.2) is 0 Å². The Hall–Kier alpha value is -0.800. The van der Waals surface area contributed by atoms with Crippen LogP contribution in [0.15, 0.2) is 16.5 Å². The molecule has 1 saturated carbocycles. The Balaban J connectivity index is 2.17. The highest BCUT2D eigenvalue weighted by Gasteiger charge is 2.50. The minimum atomic E-state index is 0.101. The molecule has 0 spiro atoms. The van der Waals surface area contributed by atoms with E-state index in [4.69, 9.17) is 10.2 Å². The van der Waals surface area contributed by atoms with Gasteiger partial charge < -0.3 is 10.2 Å². The fourth-order valence-corrected chi connectivity index (χ4v) is 4.00. The van der Waals surface area contributed by atoms with Crippen LogP contribution in [-0.2, 0) is 6.54 Å². The van der Waals surface area contributed by atoms with E-state index in [-0.39, 0.29) is 5.54 Å². The summed E-state index contributed by atoms with van der Waals surface area (Å²) < 4.78 is 5.71. The summed E-state index contributed by atoms with van der Waals surface area (Å²) in [6.45, 7) is 10.6. The van der Waals surface area contributed by atoms with Crippen molar-refractivity contribution in [3.05, 3.63) is 23.7 Å². The summed E-state index contributed by atoms with van der Waals surface area (Å²) in [6.07, 6.45) is 2.40. The molecule has 0 amide bonds. The van der Waals surface area contributed by atoms with E-state index in [1.165, 1.54) is 6.42 Å². The van der Waals surface area contributed by atoms with E-state index in [1.807, 2.05) is 13.0 Å². The van der Waals surface area contributed by atoms with Crippen molar-refractivity contribution in [2.45, 2.75) is 52.6 Å². The molecule has 2 unspecified atom stereocenters. The second kappa shape index (κ2) is 4.95. The SMILES string of the molecule is Cc1ccc(CN(C)C2(CN)CC(C)(C)CC2C)o1. The van der Waals surface area contributed by atoms with E-state index in [9.17, 15) is 0 Å². The average Bonchev–Trinajstić information content (AvgIpc) is 2.80. The van der Waals surface area contributed by atoms with Crippen LogP contribution in [0.1, 0.15) is 45.1 Å². The first-order chi connectivity index (χ1) is 8.79. The summed E-state index contributed by atoms with van der Waals surface area (Å²) in [7, 11) is 2.18. The van der Waals surface area contributed by atoms with Gasteiger partial charge >= 0.3 is 0 Å². The van der Waals surface area contributed by atoms with Gasteiger partial charge in [0, 0.05) is 12.1 Å². The fraction of sp³-hybridized carbons (Fsp3) is 0.750. The molecule has 3 heteroatoms. The lowest BCUT2D eigenvalue weighted by atomic mass is 9.85. The van der Waals surface area contributed by atoms with Crippen LogP contribution in [0, 0.1) is 18.3 Å². The summed E-state index contributed by atoms with van der Waals surface area (Å²) in [5, 5.41) is 0. The minimum absolute atomic E-state index is 0.101. The summed E-state index contributed by atoms with van der Waals surface area (Å²) >= 11 is 0. The number of furan rings is 1. The van der Waals surface area contributed by atoms with E-state index in [1.54, 1.807) is 0 Å². The van der Waals surface area contributed by atoms with Crippen LogP contribution in [0.25, 0.3) is 0 Å². The van der Waals surface area contributed by atoms with Crippen molar-refractivity contribution in [2.24, 2.45) is 17.1 Å². The maximum absolute atomic E-state index is 6.17. The lowest BCUT2D eigenvalue weighted by molar-refractivity contribution is 0.0718. The van der Waals surface area contributed by atoms with Crippen LogP contribution in [0.4, 0.5) is 0 Å². The van der Waals surface area contributed by atoms with Gasteiger partial charge in [-0.3, -0.25) is 4.90 Å². The smallest absolute Gasteiger partial charge is 0.118 e. The van der Waals surface area contributed by atoms with Gasteiger partial charge in [0.05, 0.1) is 6.54 Å². The van der Waals surface area contributed by atoms with Crippen LogP contribution in [-0.4, -0.2) is 24.0 Å². The van der Waals surface area contributed by atoms with Crippen molar-refractivity contribution < 1.29 is 4.42 Å². The van der Waals surface area contributed by atoms with Crippen LogP contribution in [0.3, 0.4) is 0 Å². The molecule has 3 nitrogen and oxygen atoms in total. The Morgan fingerprint density at radius 2 is 2.11 bits per heavy atom. The number of aryl methyl sites for hydroxylation is 1. The molecular formula is C16H28N2O. The molecule has 1 aliphatic carbocycles. The van der Waals surface area contributed by atoms with E-state index >= 15 is 0 Å². The zero-order chi connectivity index (χ0) is 14.3. The van der Waals surface area contributed by atoms with Gasteiger partial charge in [-0.05, 0) is 50.3 Å². The van der Waals surface area contributed by atoms with Gasteiger partial charge in [-0.2, -0.15) is 0 Å². The Bertz CT molecular complexity index is 438. The maximum Gasteiger partial charge on any atom is 0.118 e. The number of hydrogen-bond acceptors (Lipinski definition) is 3. The molecule has 0 aliphatic heterocycles. The highest BCUT2D eigenvalue weighted by molar-refractivity contribution is 5.09. The Morgan fingerprint density at radius 1 is 1.42 bits per heavy atom. The maximum atomic E-state index is 6.17. The van der Waals surface area contributed by atoms with Gasteiger partial charge in [-0.15, -0.1) is 0 Å². The fourth-order valence-electron chi connectivity index (χ4n) is 4.00. The first kappa shape index (κ1) is 14.6. The molecule has 2 N–H and O–H groups in total. The van der Waals surface area contributed by atoms with E-state index in [2.05, 4.69) is 38.8 Å². The van der Waals surface area contributed by atoms with Crippen molar-refractivity contribution in [1.82, 2.24) is 4.90 Å².